The summed E-state index contributed by atoms with van der Waals surface area (Å²) < 4.78 is 41.8. The van der Waals surface area contributed by atoms with Crippen LogP contribution in [-0.4, -0.2) is 116 Å². The summed E-state index contributed by atoms with van der Waals surface area (Å²) in [6, 6.07) is 9.29. The molecule has 13 nitrogen and oxygen atoms in total. The second kappa shape index (κ2) is 41.6. The number of aliphatic hydroxyl groups is 5. The highest BCUT2D eigenvalue weighted by molar-refractivity contribution is 7.89. The van der Waals surface area contributed by atoms with Gasteiger partial charge in [0.2, 0.25) is 15.9 Å². The van der Waals surface area contributed by atoms with Crippen molar-refractivity contribution in [2.24, 2.45) is 0 Å². The van der Waals surface area contributed by atoms with Gasteiger partial charge in [0.15, 0.2) is 6.29 Å². The van der Waals surface area contributed by atoms with Gasteiger partial charge in [-0.15, -0.1) is 0 Å². The van der Waals surface area contributed by atoms with Crippen LogP contribution in [0, 0.1) is 0 Å². The van der Waals surface area contributed by atoms with Gasteiger partial charge in [0, 0.05) is 43.5 Å². The summed E-state index contributed by atoms with van der Waals surface area (Å²) in [5.74, 6) is -0.298. The Morgan fingerprint density at radius 2 is 1.00 bits per heavy atom. The zero-order valence-corrected chi connectivity index (χ0v) is 49.1. The number of aliphatic hydroxyl groups excluding tert-OH is 5. The maximum atomic E-state index is 13.7. The number of sulfonamides is 1. The van der Waals surface area contributed by atoms with Crippen LogP contribution in [0.4, 0.5) is 5.69 Å². The zero-order chi connectivity index (χ0) is 55.2. The minimum absolute atomic E-state index is 0.0258. The van der Waals surface area contributed by atoms with Crippen LogP contribution in [-0.2, 0) is 24.3 Å². The highest BCUT2D eigenvalue weighted by Gasteiger charge is 2.45. The summed E-state index contributed by atoms with van der Waals surface area (Å²) in [4.78, 5) is 15.3. The Bertz CT molecular complexity index is 1870. The van der Waals surface area contributed by atoms with Crippen molar-refractivity contribution in [3.05, 3.63) is 36.4 Å². The molecule has 0 radical (unpaired) electrons. The van der Waals surface area contributed by atoms with Crippen molar-refractivity contribution in [1.82, 2.24) is 10.0 Å². The van der Waals surface area contributed by atoms with Crippen LogP contribution in [0.25, 0.3) is 10.8 Å². The van der Waals surface area contributed by atoms with E-state index in [0.29, 0.717) is 24.6 Å². The number of fused-ring (bicyclic) bond motifs is 1. The van der Waals surface area contributed by atoms with E-state index < -0.39 is 72.1 Å². The van der Waals surface area contributed by atoms with E-state index in [9.17, 15) is 38.7 Å². The van der Waals surface area contributed by atoms with E-state index in [4.69, 9.17) is 9.47 Å². The van der Waals surface area contributed by atoms with Gasteiger partial charge in [0.25, 0.3) is 0 Å². The molecule has 1 amide bonds. The predicted octanol–water partition coefficient (Wildman–Crippen LogP) is 12.7. The molecular weight excluding hydrogens is 979 g/mol. The Hall–Kier alpha value is -2.40. The van der Waals surface area contributed by atoms with Gasteiger partial charge < -0.3 is 45.2 Å². The smallest absolute Gasteiger partial charge is 0.241 e. The lowest BCUT2D eigenvalue weighted by Gasteiger charge is -2.41. The second-order valence-corrected chi connectivity index (χ2v) is 24.4. The Morgan fingerprint density at radius 3 is 1.46 bits per heavy atom. The number of carbonyl (C=O) groups is 1. The highest BCUT2D eigenvalue weighted by Crippen LogP contribution is 2.31. The molecule has 1 aliphatic heterocycles. The highest BCUT2D eigenvalue weighted by atomic mass is 32.2. The van der Waals surface area contributed by atoms with Crippen molar-refractivity contribution in [2.75, 3.05) is 32.1 Å². The van der Waals surface area contributed by atoms with Crippen LogP contribution in [0.5, 0.6) is 0 Å². The van der Waals surface area contributed by atoms with Crippen molar-refractivity contribution in [3.8, 4) is 0 Å². The van der Waals surface area contributed by atoms with E-state index in [0.717, 1.165) is 49.6 Å². The number of hydrogen-bond acceptors (Lipinski definition) is 11. The van der Waals surface area contributed by atoms with Gasteiger partial charge in [0.1, 0.15) is 30.5 Å². The van der Waals surface area contributed by atoms with Crippen molar-refractivity contribution < 1.29 is 48.2 Å². The van der Waals surface area contributed by atoms with Crippen molar-refractivity contribution >= 4 is 32.4 Å². The van der Waals surface area contributed by atoms with E-state index in [1.807, 2.05) is 31.1 Å². The minimum Gasteiger partial charge on any atom is -0.390 e. The fraction of sp³-hybridized carbons (Fsp3) is 0.823. The minimum atomic E-state index is -4.16. The van der Waals surface area contributed by atoms with Crippen LogP contribution in [0.1, 0.15) is 251 Å². The standard InChI is InChI=1S/C62H111N3O10S/c1-5-7-9-11-13-15-17-19-20-21-22-23-24-25-26-27-28-29-31-33-35-37-39-47-57(67)64-52(58(68)54(66)45-38-36-34-32-30-18-16-14-12-10-8-6-2)49-74-62-61(71)60(70)59(69)55(75-62)48-63-76(72,73)56-46-41-42-50-51(56)43-40-44-53(50)65(3)4/h40-44,46,52,54-55,58-63,66,68-71H,5-39,45,47-49H2,1-4H3,(H,64,67)/t52-,54+,55+,58-,59-,60-,61+,62-/m0/s1. The molecular formula is C62H111N3O10S. The molecule has 1 saturated heterocycles. The summed E-state index contributed by atoms with van der Waals surface area (Å²) in [5.41, 5.74) is 0.838. The molecule has 8 atom stereocenters. The summed E-state index contributed by atoms with van der Waals surface area (Å²) in [7, 11) is -0.415. The first-order chi connectivity index (χ1) is 36.8. The Morgan fingerprint density at radius 1 is 0.579 bits per heavy atom. The predicted molar refractivity (Wildman–Crippen MR) is 312 cm³/mol. The number of benzene rings is 2. The summed E-state index contributed by atoms with van der Waals surface area (Å²) in [6.45, 7) is 3.66. The third kappa shape index (κ3) is 27.7. The number of rotatable bonds is 48. The van der Waals surface area contributed by atoms with Gasteiger partial charge >= 0.3 is 0 Å². The molecule has 0 bridgehead atoms. The quantitative estimate of drug-likeness (QED) is 0.0311. The molecule has 0 aliphatic carbocycles. The van der Waals surface area contributed by atoms with E-state index in [-0.39, 0.29) is 17.2 Å². The SMILES string of the molecule is CCCCCCCCCCCCCCCCCCCCCCCCCC(=O)N[C@@H](CO[C@H]1O[C@H](CNS(=O)(=O)c2cccc3c(N(C)C)cccc23)[C@H](O)[C@H](O)[C@H]1O)[C@H](O)[C@H](O)CCCCCCCCCCCCCC. The molecule has 3 rings (SSSR count). The first kappa shape index (κ1) is 67.9. The lowest BCUT2D eigenvalue weighted by atomic mass is 9.98. The monoisotopic (exact) mass is 1090 g/mol. The topological polar surface area (TPSA) is 198 Å². The first-order valence-corrected chi connectivity index (χ1v) is 32.5. The van der Waals surface area contributed by atoms with Crippen LogP contribution in [0.3, 0.4) is 0 Å². The van der Waals surface area contributed by atoms with Gasteiger partial charge in [-0.2, -0.15) is 0 Å². The van der Waals surface area contributed by atoms with Crippen LogP contribution < -0.4 is 14.9 Å². The molecule has 440 valence electrons. The molecule has 0 saturated carbocycles. The second-order valence-electron chi connectivity index (χ2n) is 22.7. The Kier molecular flexibility index (Phi) is 37.1. The number of carbonyl (C=O) groups excluding carboxylic acids is 1. The third-order valence-electron chi connectivity index (χ3n) is 15.7. The molecule has 7 N–H and O–H groups in total. The molecule has 76 heavy (non-hydrogen) atoms. The average Bonchev–Trinajstić information content (AvgIpc) is 3.41. The molecule has 0 aromatic heterocycles. The molecule has 1 aliphatic rings. The molecule has 1 heterocycles. The van der Waals surface area contributed by atoms with Crippen molar-refractivity contribution in [1.29, 1.82) is 0 Å². The number of nitrogens with zero attached hydrogens (tertiary/aromatic N) is 1. The number of unbranched alkanes of at least 4 members (excludes halogenated alkanes) is 33. The normalized spacial score (nSPS) is 19.2. The Balaban J connectivity index is 1.43. The number of nitrogens with one attached hydrogen (secondary N) is 2. The zero-order valence-electron chi connectivity index (χ0n) is 48.3. The summed E-state index contributed by atoms with van der Waals surface area (Å²) in [5, 5.41) is 59.6. The number of ether oxygens (including phenoxy) is 2. The van der Waals surface area contributed by atoms with Gasteiger partial charge in [-0.1, -0.05) is 256 Å². The molecule has 2 aromatic rings. The molecule has 1 fully saturated rings. The first-order valence-electron chi connectivity index (χ1n) is 31.0. The molecule has 14 heteroatoms. The fourth-order valence-corrected chi connectivity index (χ4v) is 12.1. The van der Waals surface area contributed by atoms with Gasteiger partial charge in [-0.3, -0.25) is 4.79 Å². The van der Waals surface area contributed by atoms with Crippen molar-refractivity contribution in [2.45, 2.75) is 305 Å². The summed E-state index contributed by atoms with van der Waals surface area (Å²) in [6.07, 6.45) is 33.6. The van der Waals surface area contributed by atoms with E-state index in [1.54, 1.807) is 18.2 Å². The van der Waals surface area contributed by atoms with Gasteiger partial charge in [-0.25, -0.2) is 13.1 Å². The van der Waals surface area contributed by atoms with E-state index in [2.05, 4.69) is 23.9 Å². The van der Waals surface area contributed by atoms with Crippen LogP contribution >= 0.6 is 0 Å². The summed E-state index contributed by atoms with van der Waals surface area (Å²) >= 11 is 0. The van der Waals surface area contributed by atoms with Gasteiger partial charge in [-0.05, 0) is 25.0 Å². The third-order valence-corrected chi connectivity index (χ3v) is 17.2. The fourth-order valence-electron chi connectivity index (χ4n) is 10.8. The average molecular weight is 1090 g/mol. The lowest BCUT2D eigenvalue weighted by Crippen LogP contribution is -2.61. The Labute approximate surface area is 462 Å². The number of amides is 1. The number of hydrogen-bond donors (Lipinski definition) is 7. The van der Waals surface area contributed by atoms with Crippen LogP contribution in [0.2, 0.25) is 0 Å². The van der Waals surface area contributed by atoms with Crippen molar-refractivity contribution in [3.63, 3.8) is 0 Å². The van der Waals surface area contributed by atoms with Crippen LogP contribution in [0.15, 0.2) is 41.3 Å². The molecule has 0 spiro atoms. The maximum Gasteiger partial charge on any atom is 0.241 e. The van der Waals surface area contributed by atoms with Gasteiger partial charge in [0.05, 0.1) is 23.6 Å². The lowest BCUT2D eigenvalue weighted by molar-refractivity contribution is -0.297. The largest absolute Gasteiger partial charge is 0.390 e. The van der Waals surface area contributed by atoms with E-state index in [1.165, 1.54) is 179 Å². The molecule has 2 aromatic carbocycles. The van der Waals surface area contributed by atoms with E-state index >= 15 is 0 Å². The number of anilines is 1. The maximum absolute atomic E-state index is 13.7. The molecule has 0 unspecified atom stereocenters.